The van der Waals surface area contributed by atoms with Crippen LogP contribution < -0.4 is 10.1 Å². The maximum absolute atomic E-state index is 11.8. The molecule has 0 atom stereocenters. The first-order chi connectivity index (χ1) is 9.69. The lowest BCUT2D eigenvalue weighted by atomic mass is 10.2. The first-order valence-corrected chi connectivity index (χ1v) is 6.86. The molecule has 2 aromatic rings. The highest BCUT2D eigenvalue weighted by molar-refractivity contribution is 9.10. The number of benzene rings is 2. The van der Waals surface area contributed by atoms with Gasteiger partial charge in [0, 0.05) is 22.3 Å². The first-order valence-electron chi connectivity index (χ1n) is 6.06. The van der Waals surface area contributed by atoms with E-state index in [-0.39, 0.29) is 5.91 Å². The maximum atomic E-state index is 11.8. The van der Waals surface area contributed by atoms with E-state index in [4.69, 9.17) is 4.74 Å². The van der Waals surface area contributed by atoms with Crippen LogP contribution in [-0.2, 0) is 4.79 Å². The van der Waals surface area contributed by atoms with E-state index in [2.05, 4.69) is 21.2 Å². The molecule has 0 heterocycles. The summed E-state index contributed by atoms with van der Waals surface area (Å²) in [6.07, 6.45) is 3.26. The molecule has 0 aliphatic heterocycles. The molecule has 0 aliphatic carbocycles. The standard InChI is InChI=1S/C16H14BrNO2/c1-20-14-7-4-6-13(11-14)18-16(19)10-9-12-5-2-3-8-15(12)17/h2-11H,1H3,(H,18,19)/b10-9+. The number of rotatable bonds is 4. The van der Waals surface area contributed by atoms with E-state index in [1.807, 2.05) is 42.5 Å². The molecule has 2 aromatic carbocycles. The van der Waals surface area contributed by atoms with Gasteiger partial charge in [0.1, 0.15) is 5.75 Å². The second-order valence-corrected chi connectivity index (χ2v) is 4.93. The third-order valence-corrected chi connectivity index (χ3v) is 3.38. The van der Waals surface area contributed by atoms with E-state index in [1.54, 1.807) is 19.3 Å². The second-order valence-electron chi connectivity index (χ2n) is 4.08. The topological polar surface area (TPSA) is 38.3 Å². The molecule has 102 valence electrons. The van der Waals surface area contributed by atoms with E-state index in [0.717, 1.165) is 10.0 Å². The lowest BCUT2D eigenvalue weighted by Gasteiger charge is -2.04. The van der Waals surface area contributed by atoms with Gasteiger partial charge in [-0.2, -0.15) is 0 Å². The normalized spacial score (nSPS) is 10.5. The van der Waals surface area contributed by atoms with E-state index >= 15 is 0 Å². The quantitative estimate of drug-likeness (QED) is 0.856. The zero-order valence-electron chi connectivity index (χ0n) is 11.0. The Balaban J connectivity index is 2.04. The number of anilines is 1. The van der Waals surface area contributed by atoms with Gasteiger partial charge in [0.25, 0.3) is 0 Å². The predicted molar refractivity (Wildman–Crippen MR) is 84.8 cm³/mol. The molecular formula is C16H14BrNO2. The summed E-state index contributed by atoms with van der Waals surface area (Å²) in [4.78, 5) is 11.8. The number of amides is 1. The summed E-state index contributed by atoms with van der Waals surface area (Å²) in [5, 5.41) is 2.79. The van der Waals surface area contributed by atoms with Crippen LogP contribution in [0.15, 0.2) is 59.1 Å². The van der Waals surface area contributed by atoms with Crippen LogP contribution in [0, 0.1) is 0 Å². The van der Waals surface area contributed by atoms with E-state index in [1.165, 1.54) is 6.08 Å². The fraction of sp³-hybridized carbons (Fsp3) is 0.0625. The summed E-state index contributed by atoms with van der Waals surface area (Å²) in [7, 11) is 1.59. The molecule has 0 aliphatic rings. The number of carbonyl (C=O) groups excluding carboxylic acids is 1. The molecule has 0 saturated heterocycles. The fourth-order valence-corrected chi connectivity index (χ4v) is 2.08. The monoisotopic (exact) mass is 331 g/mol. The molecule has 0 spiro atoms. The van der Waals surface area contributed by atoms with Crippen molar-refractivity contribution in [2.45, 2.75) is 0 Å². The number of ether oxygens (including phenoxy) is 1. The lowest BCUT2D eigenvalue weighted by Crippen LogP contribution is -2.07. The first kappa shape index (κ1) is 14.3. The zero-order chi connectivity index (χ0) is 14.4. The van der Waals surface area contributed by atoms with Gasteiger partial charge >= 0.3 is 0 Å². The summed E-state index contributed by atoms with van der Waals surface area (Å²) in [5.41, 5.74) is 1.65. The number of hydrogen-bond acceptors (Lipinski definition) is 2. The van der Waals surface area contributed by atoms with E-state index in [9.17, 15) is 4.79 Å². The predicted octanol–water partition coefficient (Wildman–Crippen LogP) is 4.11. The van der Waals surface area contributed by atoms with Crippen molar-refractivity contribution in [3.63, 3.8) is 0 Å². The zero-order valence-corrected chi connectivity index (χ0v) is 12.6. The van der Waals surface area contributed by atoms with Crippen molar-refractivity contribution in [1.82, 2.24) is 0 Å². The van der Waals surface area contributed by atoms with Gasteiger partial charge < -0.3 is 10.1 Å². The lowest BCUT2D eigenvalue weighted by molar-refractivity contribution is -0.111. The van der Waals surface area contributed by atoms with Gasteiger partial charge in [0.2, 0.25) is 5.91 Å². The van der Waals surface area contributed by atoms with Crippen molar-refractivity contribution in [3.05, 3.63) is 64.6 Å². The third-order valence-electron chi connectivity index (χ3n) is 2.66. The van der Waals surface area contributed by atoms with Gasteiger partial charge in [0.15, 0.2) is 0 Å². The summed E-state index contributed by atoms with van der Waals surface area (Å²) in [5.74, 6) is 0.520. The van der Waals surface area contributed by atoms with Crippen LogP contribution in [0.1, 0.15) is 5.56 Å². The van der Waals surface area contributed by atoms with Crippen LogP contribution in [-0.4, -0.2) is 13.0 Å². The van der Waals surface area contributed by atoms with Crippen LogP contribution >= 0.6 is 15.9 Å². The summed E-state index contributed by atoms with van der Waals surface area (Å²) in [6.45, 7) is 0. The van der Waals surface area contributed by atoms with Crippen LogP contribution in [0.4, 0.5) is 5.69 Å². The Morgan fingerprint density at radius 3 is 2.75 bits per heavy atom. The highest BCUT2D eigenvalue weighted by Gasteiger charge is 2.00. The maximum Gasteiger partial charge on any atom is 0.248 e. The summed E-state index contributed by atoms with van der Waals surface area (Å²) < 4.78 is 6.06. The molecule has 1 N–H and O–H groups in total. The van der Waals surface area contributed by atoms with Gasteiger partial charge in [0.05, 0.1) is 7.11 Å². The Morgan fingerprint density at radius 1 is 1.20 bits per heavy atom. The number of methoxy groups -OCH3 is 1. The van der Waals surface area contributed by atoms with Crippen molar-refractivity contribution < 1.29 is 9.53 Å². The number of carbonyl (C=O) groups is 1. The van der Waals surface area contributed by atoms with Crippen LogP contribution in [0.25, 0.3) is 6.08 Å². The van der Waals surface area contributed by atoms with Crippen molar-refractivity contribution in [3.8, 4) is 5.75 Å². The Morgan fingerprint density at radius 2 is 2.00 bits per heavy atom. The molecule has 2 rings (SSSR count). The Kier molecular flexibility index (Phi) is 4.96. The minimum Gasteiger partial charge on any atom is -0.497 e. The van der Waals surface area contributed by atoms with Crippen molar-refractivity contribution in [2.75, 3.05) is 12.4 Å². The van der Waals surface area contributed by atoms with Crippen molar-refractivity contribution in [1.29, 1.82) is 0 Å². The van der Waals surface area contributed by atoms with Gasteiger partial charge in [-0.25, -0.2) is 0 Å². The molecule has 3 nitrogen and oxygen atoms in total. The Labute approximate surface area is 126 Å². The molecule has 0 unspecified atom stereocenters. The van der Waals surface area contributed by atoms with Crippen LogP contribution in [0.2, 0.25) is 0 Å². The van der Waals surface area contributed by atoms with E-state index < -0.39 is 0 Å². The van der Waals surface area contributed by atoms with Crippen LogP contribution in [0.5, 0.6) is 5.75 Å². The fourth-order valence-electron chi connectivity index (χ4n) is 1.66. The van der Waals surface area contributed by atoms with Gasteiger partial charge in [-0.1, -0.05) is 40.2 Å². The number of halogens is 1. The number of nitrogens with one attached hydrogen (secondary N) is 1. The molecule has 20 heavy (non-hydrogen) atoms. The van der Waals surface area contributed by atoms with Crippen molar-refractivity contribution in [2.24, 2.45) is 0 Å². The third kappa shape index (κ3) is 3.96. The summed E-state index contributed by atoms with van der Waals surface area (Å²) >= 11 is 3.43. The summed E-state index contributed by atoms with van der Waals surface area (Å²) in [6, 6.07) is 14.9. The van der Waals surface area contributed by atoms with Crippen LogP contribution in [0.3, 0.4) is 0 Å². The highest BCUT2D eigenvalue weighted by Crippen LogP contribution is 2.18. The molecule has 0 bridgehead atoms. The average molecular weight is 332 g/mol. The minimum atomic E-state index is -0.186. The second kappa shape index (κ2) is 6.91. The average Bonchev–Trinajstić information content (AvgIpc) is 2.46. The Bertz CT molecular complexity index is 638. The molecule has 0 aromatic heterocycles. The molecule has 4 heteroatoms. The minimum absolute atomic E-state index is 0.186. The van der Waals surface area contributed by atoms with Gasteiger partial charge in [-0.05, 0) is 29.8 Å². The smallest absolute Gasteiger partial charge is 0.248 e. The molecule has 0 fully saturated rings. The SMILES string of the molecule is COc1cccc(NC(=O)/C=C/c2ccccc2Br)c1. The molecule has 0 saturated carbocycles. The van der Waals surface area contributed by atoms with E-state index in [0.29, 0.717) is 11.4 Å². The van der Waals surface area contributed by atoms with Crippen molar-refractivity contribution >= 4 is 33.6 Å². The van der Waals surface area contributed by atoms with Gasteiger partial charge in [-0.3, -0.25) is 4.79 Å². The molecular weight excluding hydrogens is 318 g/mol. The van der Waals surface area contributed by atoms with Gasteiger partial charge in [-0.15, -0.1) is 0 Å². The Hall–Kier alpha value is -2.07. The molecule has 1 amide bonds. The largest absolute Gasteiger partial charge is 0.497 e. The molecule has 0 radical (unpaired) electrons. The highest BCUT2D eigenvalue weighted by atomic mass is 79.9. The number of hydrogen-bond donors (Lipinski definition) is 1.